The van der Waals surface area contributed by atoms with E-state index in [1.807, 2.05) is 0 Å². The third-order valence-corrected chi connectivity index (χ3v) is 2.56. The average Bonchev–Trinajstić information content (AvgIpc) is 2.42. The summed E-state index contributed by atoms with van der Waals surface area (Å²) < 4.78 is 2.36. The van der Waals surface area contributed by atoms with Crippen molar-refractivity contribution in [3.05, 3.63) is 17.7 Å². The summed E-state index contributed by atoms with van der Waals surface area (Å²) in [6.07, 6.45) is 7.42. The normalized spacial score (nSPS) is 10.7. The maximum absolute atomic E-state index is 3.24. The van der Waals surface area contributed by atoms with Gasteiger partial charge in [-0.25, -0.2) is 9.55 Å². The van der Waals surface area contributed by atoms with Crippen molar-refractivity contribution in [3.63, 3.8) is 0 Å². The van der Waals surface area contributed by atoms with Crippen LogP contribution in [0.4, 0.5) is 0 Å². The lowest BCUT2D eigenvalue weighted by atomic mass is 10.2. The van der Waals surface area contributed by atoms with Crippen LogP contribution >= 0.6 is 0 Å². The average molecular weight is 181 g/mol. The van der Waals surface area contributed by atoms with Crippen molar-refractivity contribution in [2.24, 2.45) is 0 Å². The van der Waals surface area contributed by atoms with Gasteiger partial charge >= 0.3 is 0 Å². The second-order valence-corrected chi connectivity index (χ2v) is 3.73. The van der Waals surface area contributed by atoms with Gasteiger partial charge < -0.3 is 0 Å². The number of hydrogen-bond acceptors (Lipinski definition) is 0. The first-order chi connectivity index (χ1) is 6.25. The van der Waals surface area contributed by atoms with Crippen LogP contribution in [-0.4, -0.2) is 4.98 Å². The molecule has 0 spiro atoms. The molecule has 2 heteroatoms. The zero-order valence-electron chi connectivity index (χ0n) is 9.06. The van der Waals surface area contributed by atoms with Crippen LogP contribution in [0.15, 0.2) is 6.20 Å². The smallest absolute Gasteiger partial charge is 0.248 e. The summed E-state index contributed by atoms with van der Waals surface area (Å²) in [7, 11) is 0. The van der Waals surface area contributed by atoms with Gasteiger partial charge in [0.25, 0.3) is 5.82 Å². The Morgan fingerprint density at radius 1 is 1.23 bits per heavy atom. The molecular weight excluding hydrogens is 160 g/mol. The summed E-state index contributed by atoms with van der Waals surface area (Å²) in [5.74, 6) is 1.27. The first-order valence-corrected chi connectivity index (χ1v) is 5.30. The van der Waals surface area contributed by atoms with Crippen molar-refractivity contribution in [1.82, 2.24) is 4.98 Å². The highest BCUT2D eigenvalue weighted by atomic mass is 15.1. The van der Waals surface area contributed by atoms with E-state index in [1.54, 1.807) is 0 Å². The van der Waals surface area contributed by atoms with E-state index in [2.05, 4.69) is 36.5 Å². The first kappa shape index (κ1) is 10.3. The number of aromatic amines is 1. The molecule has 0 aliphatic carbocycles. The van der Waals surface area contributed by atoms with E-state index in [0.717, 1.165) is 0 Å². The van der Waals surface area contributed by atoms with Crippen LogP contribution in [0.2, 0.25) is 0 Å². The topological polar surface area (TPSA) is 19.7 Å². The fourth-order valence-corrected chi connectivity index (χ4v) is 1.67. The van der Waals surface area contributed by atoms with Crippen molar-refractivity contribution in [2.75, 3.05) is 0 Å². The number of aromatic nitrogens is 2. The van der Waals surface area contributed by atoms with Gasteiger partial charge in [0.1, 0.15) is 11.9 Å². The Bertz CT molecular complexity index is 231. The van der Waals surface area contributed by atoms with Crippen molar-refractivity contribution < 1.29 is 4.57 Å². The second-order valence-electron chi connectivity index (χ2n) is 3.73. The number of nitrogens with one attached hydrogen (secondary N) is 1. The number of unbranched alkanes of at least 4 members (excludes halogenated alkanes) is 3. The molecule has 0 unspecified atom stereocenters. The summed E-state index contributed by atoms with van der Waals surface area (Å²) in [5.41, 5.74) is 1.34. The summed E-state index contributed by atoms with van der Waals surface area (Å²) >= 11 is 0. The number of nitrogens with zero attached hydrogens (tertiary/aromatic N) is 1. The zero-order chi connectivity index (χ0) is 9.68. The standard InChI is InChI=1S/C11H20N2/c1-4-5-6-7-8-13-10(2)9-12-11(13)3/h9H,4-8H2,1-3H3/p+1. The Morgan fingerprint density at radius 3 is 2.54 bits per heavy atom. The van der Waals surface area contributed by atoms with Crippen LogP contribution in [0.1, 0.15) is 44.1 Å². The molecule has 0 bridgehead atoms. The summed E-state index contributed by atoms with van der Waals surface area (Å²) in [6, 6.07) is 0. The molecule has 1 aromatic rings. The maximum Gasteiger partial charge on any atom is 0.251 e. The molecule has 0 atom stereocenters. The van der Waals surface area contributed by atoms with Crippen molar-refractivity contribution >= 4 is 0 Å². The molecule has 0 amide bonds. The highest BCUT2D eigenvalue weighted by Gasteiger charge is 2.08. The molecule has 74 valence electrons. The van der Waals surface area contributed by atoms with Gasteiger partial charge in [0.15, 0.2) is 0 Å². The van der Waals surface area contributed by atoms with Gasteiger partial charge in [0.2, 0.25) is 0 Å². The number of H-pyrrole nitrogens is 1. The molecule has 1 N–H and O–H groups in total. The van der Waals surface area contributed by atoms with Crippen LogP contribution in [0.5, 0.6) is 0 Å². The molecule has 0 aliphatic heterocycles. The van der Waals surface area contributed by atoms with Gasteiger partial charge in [0.05, 0.1) is 6.54 Å². The lowest BCUT2D eigenvalue weighted by Gasteiger charge is -2.00. The summed E-state index contributed by atoms with van der Waals surface area (Å²) in [6.45, 7) is 7.71. The van der Waals surface area contributed by atoms with Crippen LogP contribution in [0.25, 0.3) is 0 Å². The van der Waals surface area contributed by atoms with Gasteiger partial charge in [-0.1, -0.05) is 19.8 Å². The number of hydrogen-bond donors (Lipinski definition) is 1. The minimum absolute atomic E-state index is 1.17. The minimum Gasteiger partial charge on any atom is -0.248 e. The van der Waals surface area contributed by atoms with Gasteiger partial charge in [0, 0.05) is 13.8 Å². The largest absolute Gasteiger partial charge is 0.251 e. The predicted octanol–water partition coefficient (Wildman–Crippen LogP) is 2.50. The van der Waals surface area contributed by atoms with E-state index in [0.29, 0.717) is 0 Å². The van der Waals surface area contributed by atoms with Crippen LogP contribution in [0, 0.1) is 13.8 Å². The minimum atomic E-state index is 1.17. The maximum atomic E-state index is 3.24. The van der Waals surface area contributed by atoms with Crippen LogP contribution in [0.3, 0.4) is 0 Å². The van der Waals surface area contributed by atoms with E-state index in [9.17, 15) is 0 Å². The summed E-state index contributed by atoms with van der Waals surface area (Å²) in [4.78, 5) is 3.24. The SMILES string of the molecule is CCCCCC[n+]1c(C)c[nH]c1C. The highest BCUT2D eigenvalue weighted by molar-refractivity contribution is 4.85. The van der Waals surface area contributed by atoms with E-state index in [1.165, 1.54) is 43.7 Å². The second kappa shape index (κ2) is 5.05. The molecule has 1 rings (SSSR count). The van der Waals surface area contributed by atoms with Crippen molar-refractivity contribution in [3.8, 4) is 0 Å². The van der Waals surface area contributed by atoms with E-state index >= 15 is 0 Å². The quantitative estimate of drug-likeness (QED) is 0.532. The van der Waals surface area contributed by atoms with Gasteiger partial charge in [-0.05, 0) is 12.8 Å². The molecule has 0 saturated carbocycles. The molecule has 0 saturated heterocycles. The summed E-state index contributed by atoms with van der Waals surface area (Å²) in [5, 5.41) is 0. The fraction of sp³-hybridized carbons (Fsp3) is 0.727. The Labute approximate surface area is 81.0 Å². The van der Waals surface area contributed by atoms with Crippen molar-refractivity contribution in [2.45, 2.75) is 53.0 Å². The fourth-order valence-electron chi connectivity index (χ4n) is 1.67. The number of rotatable bonds is 5. The Balaban J connectivity index is 2.36. The van der Waals surface area contributed by atoms with Gasteiger partial charge in [-0.2, -0.15) is 0 Å². The van der Waals surface area contributed by atoms with E-state index < -0.39 is 0 Å². The van der Waals surface area contributed by atoms with E-state index in [4.69, 9.17) is 0 Å². The highest BCUT2D eigenvalue weighted by Crippen LogP contribution is 2.00. The zero-order valence-corrected chi connectivity index (χ0v) is 9.06. The van der Waals surface area contributed by atoms with E-state index in [-0.39, 0.29) is 0 Å². The van der Waals surface area contributed by atoms with Crippen LogP contribution in [-0.2, 0) is 6.54 Å². The molecule has 1 heterocycles. The first-order valence-electron chi connectivity index (χ1n) is 5.30. The Kier molecular flexibility index (Phi) is 4.00. The van der Waals surface area contributed by atoms with Crippen LogP contribution < -0.4 is 4.57 Å². The monoisotopic (exact) mass is 181 g/mol. The third-order valence-electron chi connectivity index (χ3n) is 2.56. The molecule has 0 aliphatic rings. The molecule has 13 heavy (non-hydrogen) atoms. The molecule has 2 nitrogen and oxygen atoms in total. The molecule has 0 radical (unpaired) electrons. The van der Waals surface area contributed by atoms with Gasteiger partial charge in [-0.3, -0.25) is 0 Å². The molecule has 0 fully saturated rings. The molecule has 1 aromatic heterocycles. The predicted molar refractivity (Wildman–Crippen MR) is 54.6 cm³/mol. The lowest BCUT2D eigenvalue weighted by Crippen LogP contribution is -2.37. The van der Waals surface area contributed by atoms with Gasteiger partial charge in [-0.15, -0.1) is 0 Å². The molecule has 0 aromatic carbocycles. The number of aryl methyl sites for hydroxylation is 2. The Hall–Kier alpha value is -0.790. The molecular formula is C11H21N2+. The number of imidazole rings is 1. The third kappa shape index (κ3) is 2.87. The van der Waals surface area contributed by atoms with Crippen molar-refractivity contribution in [1.29, 1.82) is 0 Å². The Morgan fingerprint density at radius 2 is 2.00 bits per heavy atom. The lowest BCUT2D eigenvalue weighted by molar-refractivity contribution is -0.707.